The molecule has 3 N–H and O–H groups in total. The number of carbonyl (C=O) groups excluding carboxylic acids is 1. The van der Waals surface area contributed by atoms with E-state index in [1.807, 2.05) is 0 Å². The van der Waals surface area contributed by atoms with Gasteiger partial charge in [0.25, 0.3) is 0 Å². The summed E-state index contributed by atoms with van der Waals surface area (Å²) < 4.78 is 26.5. The third-order valence-corrected chi connectivity index (χ3v) is 5.63. The maximum absolute atomic E-state index is 12.6. The van der Waals surface area contributed by atoms with Crippen molar-refractivity contribution in [3.8, 4) is 0 Å². The number of hydrogen-bond acceptors (Lipinski definition) is 4. The van der Waals surface area contributed by atoms with Crippen LogP contribution >= 0.6 is 0 Å². The number of rotatable bonds is 4. The molecule has 0 aliphatic carbocycles. The number of sulfonamides is 1. The molecule has 0 radical (unpaired) electrons. The molecule has 2 unspecified atom stereocenters. The molecule has 0 saturated carbocycles. The van der Waals surface area contributed by atoms with Gasteiger partial charge in [-0.3, -0.25) is 4.79 Å². The van der Waals surface area contributed by atoms with Crippen LogP contribution in [0.1, 0.15) is 31.4 Å². The molecule has 1 fully saturated rings. The van der Waals surface area contributed by atoms with E-state index in [9.17, 15) is 18.3 Å². The highest BCUT2D eigenvalue weighted by Gasteiger charge is 2.32. The number of piperidine rings is 1. The Hall–Kier alpha value is -1.44. The molecule has 1 aromatic carbocycles. The molecule has 2 atom stereocenters. The van der Waals surface area contributed by atoms with Crippen molar-refractivity contribution in [3.63, 3.8) is 0 Å². The summed E-state index contributed by atoms with van der Waals surface area (Å²) in [6, 6.07) is 6.24. The van der Waals surface area contributed by atoms with Gasteiger partial charge in [-0.25, -0.2) is 8.42 Å². The SMILES string of the molecule is CC(O)c1cccc(S(=O)(=O)N2CCCC(C(N)=O)C2)c1. The molecule has 21 heavy (non-hydrogen) atoms. The van der Waals surface area contributed by atoms with Crippen LogP contribution in [0.3, 0.4) is 0 Å². The van der Waals surface area contributed by atoms with Crippen LogP contribution < -0.4 is 5.73 Å². The third kappa shape index (κ3) is 3.42. The summed E-state index contributed by atoms with van der Waals surface area (Å²) in [6.45, 7) is 2.08. The summed E-state index contributed by atoms with van der Waals surface area (Å²) in [4.78, 5) is 11.4. The summed E-state index contributed by atoms with van der Waals surface area (Å²) in [5.41, 5.74) is 5.82. The van der Waals surface area contributed by atoms with E-state index in [0.29, 0.717) is 24.9 Å². The van der Waals surface area contributed by atoms with Gasteiger partial charge in [0.15, 0.2) is 0 Å². The first kappa shape index (κ1) is 15.9. The van der Waals surface area contributed by atoms with Crippen LogP contribution in [0.25, 0.3) is 0 Å². The molecule has 7 heteroatoms. The van der Waals surface area contributed by atoms with Crippen LogP contribution in [0.15, 0.2) is 29.2 Å². The summed E-state index contributed by atoms with van der Waals surface area (Å²) in [6.07, 6.45) is 0.498. The number of nitrogens with two attached hydrogens (primary N) is 1. The fourth-order valence-electron chi connectivity index (χ4n) is 2.48. The Morgan fingerprint density at radius 2 is 2.19 bits per heavy atom. The van der Waals surface area contributed by atoms with E-state index in [-0.39, 0.29) is 11.4 Å². The lowest BCUT2D eigenvalue weighted by Gasteiger charge is -2.30. The van der Waals surface area contributed by atoms with Gasteiger partial charge in [-0.2, -0.15) is 4.31 Å². The van der Waals surface area contributed by atoms with E-state index in [1.165, 1.54) is 16.4 Å². The predicted molar refractivity (Wildman–Crippen MR) is 77.8 cm³/mol. The number of aliphatic hydroxyl groups excluding tert-OH is 1. The molecule has 0 aromatic heterocycles. The zero-order valence-corrected chi connectivity index (χ0v) is 12.7. The standard InChI is InChI=1S/C14H20N2O4S/c1-10(17)11-4-2-6-13(8-11)21(19,20)16-7-3-5-12(9-16)14(15)18/h2,4,6,8,10,12,17H,3,5,7,9H2,1H3,(H2,15,18). The Bertz CT molecular complexity index is 628. The lowest BCUT2D eigenvalue weighted by Crippen LogP contribution is -2.44. The van der Waals surface area contributed by atoms with Crippen LogP contribution in [-0.2, 0) is 14.8 Å². The third-order valence-electron chi connectivity index (χ3n) is 3.76. The molecular formula is C14H20N2O4S. The topological polar surface area (TPSA) is 101 Å². The minimum absolute atomic E-state index is 0.122. The fraction of sp³-hybridized carbons (Fsp3) is 0.500. The van der Waals surface area contributed by atoms with Crippen molar-refractivity contribution >= 4 is 15.9 Å². The first-order chi connectivity index (χ1) is 9.82. The smallest absolute Gasteiger partial charge is 0.243 e. The van der Waals surface area contributed by atoms with Crippen molar-refractivity contribution in [2.75, 3.05) is 13.1 Å². The first-order valence-electron chi connectivity index (χ1n) is 6.90. The van der Waals surface area contributed by atoms with Crippen molar-refractivity contribution < 1.29 is 18.3 Å². The van der Waals surface area contributed by atoms with Crippen LogP contribution in [0, 0.1) is 5.92 Å². The molecule has 1 aliphatic rings. The highest BCUT2D eigenvalue weighted by atomic mass is 32.2. The van der Waals surface area contributed by atoms with Crippen molar-refractivity contribution in [1.82, 2.24) is 4.31 Å². The van der Waals surface area contributed by atoms with E-state index in [1.54, 1.807) is 19.1 Å². The number of primary amides is 1. The lowest BCUT2D eigenvalue weighted by molar-refractivity contribution is -0.122. The van der Waals surface area contributed by atoms with Crippen LogP contribution in [-0.4, -0.2) is 36.8 Å². The fourth-order valence-corrected chi connectivity index (χ4v) is 4.06. The molecule has 0 bridgehead atoms. The molecule has 1 aromatic rings. The maximum Gasteiger partial charge on any atom is 0.243 e. The molecule has 1 heterocycles. The van der Waals surface area contributed by atoms with Crippen molar-refractivity contribution in [2.45, 2.75) is 30.8 Å². The highest BCUT2D eigenvalue weighted by Crippen LogP contribution is 2.25. The Kier molecular flexibility index (Phi) is 4.65. The largest absolute Gasteiger partial charge is 0.389 e. The normalized spacial score (nSPS) is 21.9. The molecule has 2 rings (SSSR count). The van der Waals surface area contributed by atoms with E-state index in [2.05, 4.69) is 0 Å². The molecule has 6 nitrogen and oxygen atoms in total. The van der Waals surface area contributed by atoms with Gasteiger partial charge in [-0.1, -0.05) is 12.1 Å². The second-order valence-corrected chi connectivity index (χ2v) is 7.29. The molecule has 0 spiro atoms. The number of amides is 1. The first-order valence-corrected chi connectivity index (χ1v) is 8.34. The second-order valence-electron chi connectivity index (χ2n) is 5.35. The number of nitrogens with zero attached hydrogens (tertiary/aromatic N) is 1. The Morgan fingerprint density at radius 3 is 2.81 bits per heavy atom. The van der Waals surface area contributed by atoms with Gasteiger partial charge in [-0.05, 0) is 37.5 Å². The zero-order valence-electron chi connectivity index (χ0n) is 11.9. The number of aliphatic hydroxyl groups is 1. The minimum atomic E-state index is -3.67. The minimum Gasteiger partial charge on any atom is -0.389 e. The quantitative estimate of drug-likeness (QED) is 0.851. The number of hydrogen-bond donors (Lipinski definition) is 2. The van der Waals surface area contributed by atoms with Gasteiger partial charge >= 0.3 is 0 Å². The number of benzene rings is 1. The van der Waals surface area contributed by atoms with Crippen LogP contribution in [0.2, 0.25) is 0 Å². The maximum atomic E-state index is 12.6. The van der Waals surface area contributed by atoms with E-state index in [4.69, 9.17) is 5.73 Å². The Balaban J connectivity index is 2.29. The monoisotopic (exact) mass is 312 g/mol. The second kappa shape index (κ2) is 6.13. The van der Waals surface area contributed by atoms with Gasteiger partial charge in [0.1, 0.15) is 0 Å². The summed E-state index contributed by atoms with van der Waals surface area (Å²) in [5.74, 6) is -0.902. The van der Waals surface area contributed by atoms with Crippen molar-refractivity contribution in [1.29, 1.82) is 0 Å². The summed E-state index contributed by atoms with van der Waals surface area (Å²) >= 11 is 0. The van der Waals surface area contributed by atoms with E-state index in [0.717, 1.165) is 0 Å². The molecule has 1 saturated heterocycles. The Labute approximate surface area is 124 Å². The van der Waals surface area contributed by atoms with Gasteiger partial charge < -0.3 is 10.8 Å². The average molecular weight is 312 g/mol. The molecular weight excluding hydrogens is 292 g/mol. The molecule has 1 aliphatic heterocycles. The van der Waals surface area contributed by atoms with E-state index >= 15 is 0 Å². The highest BCUT2D eigenvalue weighted by molar-refractivity contribution is 7.89. The van der Waals surface area contributed by atoms with Gasteiger partial charge in [-0.15, -0.1) is 0 Å². The van der Waals surface area contributed by atoms with Crippen molar-refractivity contribution in [2.24, 2.45) is 11.7 Å². The van der Waals surface area contributed by atoms with Crippen LogP contribution in [0.4, 0.5) is 0 Å². The summed E-state index contributed by atoms with van der Waals surface area (Å²) in [7, 11) is -3.67. The Morgan fingerprint density at radius 1 is 1.48 bits per heavy atom. The summed E-state index contributed by atoms with van der Waals surface area (Å²) in [5, 5.41) is 9.57. The van der Waals surface area contributed by atoms with E-state index < -0.39 is 28.0 Å². The van der Waals surface area contributed by atoms with Gasteiger partial charge in [0.2, 0.25) is 15.9 Å². The zero-order chi connectivity index (χ0) is 15.6. The van der Waals surface area contributed by atoms with Gasteiger partial charge in [0.05, 0.1) is 16.9 Å². The average Bonchev–Trinajstić information content (AvgIpc) is 2.47. The number of carbonyl (C=O) groups is 1. The molecule has 116 valence electrons. The van der Waals surface area contributed by atoms with Crippen molar-refractivity contribution in [3.05, 3.63) is 29.8 Å². The lowest BCUT2D eigenvalue weighted by atomic mass is 9.99. The predicted octanol–water partition coefficient (Wildman–Crippen LogP) is 0.626. The van der Waals surface area contributed by atoms with Gasteiger partial charge in [0, 0.05) is 13.1 Å². The van der Waals surface area contributed by atoms with Crippen LogP contribution in [0.5, 0.6) is 0 Å². The molecule has 1 amide bonds.